The van der Waals surface area contributed by atoms with Gasteiger partial charge in [-0.3, -0.25) is 10.6 Å². The van der Waals surface area contributed by atoms with Gasteiger partial charge in [-0.05, 0) is 68.2 Å². The molecule has 4 aliphatic carbocycles. The first-order valence-corrected chi connectivity index (χ1v) is 10.6. The fourth-order valence-electron chi connectivity index (χ4n) is 6.06. The van der Waals surface area contributed by atoms with E-state index in [2.05, 4.69) is 10.6 Å². The largest absolute Gasteiger partial charge is 0.443 e. The van der Waals surface area contributed by atoms with Gasteiger partial charge in [-0.2, -0.15) is 0 Å². The van der Waals surface area contributed by atoms with Crippen LogP contribution in [-0.2, 0) is 9.47 Å². The first kappa shape index (κ1) is 19.0. The second kappa shape index (κ2) is 7.35. The molecule has 0 aromatic heterocycles. The monoisotopic (exact) mass is 406 g/mol. The smallest absolute Gasteiger partial charge is 0.412 e. The highest BCUT2D eigenvalue weighted by atomic mass is 16.6. The number of anilines is 2. The highest BCUT2D eigenvalue weighted by Crippen LogP contribution is 2.60. The van der Waals surface area contributed by atoms with Crippen molar-refractivity contribution in [2.75, 3.05) is 10.6 Å². The lowest BCUT2D eigenvalue weighted by atomic mass is 9.52. The quantitative estimate of drug-likeness (QED) is 0.695. The van der Waals surface area contributed by atoms with E-state index in [1.807, 2.05) is 60.7 Å². The molecule has 0 aliphatic heterocycles. The number of ether oxygens (including phenoxy) is 2. The summed E-state index contributed by atoms with van der Waals surface area (Å²) in [6.07, 6.45) is 4.19. The van der Waals surface area contributed by atoms with Crippen molar-refractivity contribution >= 4 is 23.6 Å². The number of carbonyl (C=O) groups is 2. The van der Waals surface area contributed by atoms with Crippen molar-refractivity contribution in [1.82, 2.24) is 0 Å². The fourth-order valence-corrected chi connectivity index (χ4v) is 6.06. The van der Waals surface area contributed by atoms with Crippen LogP contribution in [0.15, 0.2) is 60.7 Å². The Hall–Kier alpha value is -3.02. The second-order valence-electron chi connectivity index (χ2n) is 9.09. The van der Waals surface area contributed by atoms with Crippen molar-refractivity contribution < 1.29 is 19.1 Å². The topological polar surface area (TPSA) is 76.7 Å². The number of rotatable bonds is 4. The Bertz CT molecular complexity index is 843. The van der Waals surface area contributed by atoms with Crippen molar-refractivity contribution in [3.8, 4) is 0 Å². The molecule has 4 aliphatic rings. The number of carbonyl (C=O) groups excluding carboxylic acids is 2. The summed E-state index contributed by atoms with van der Waals surface area (Å²) >= 11 is 0. The van der Waals surface area contributed by atoms with Crippen molar-refractivity contribution in [3.63, 3.8) is 0 Å². The Kier molecular flexibility index (Phi) is 4.65. The van der Waals surface area contributed by atoms with Gasteiger partial charge in [0.15, 0.2) is 0 Å². The molecule has 2 aromatic carbocycles. The molecule has 2 N–H and O–H groups in total. The molecule has 2 amide bonds. The van der Waals surface area contributed by atoms with E-state index in [1.54, 1.807) is 0 Å². The zero-order chi connectivity index (χ0) is 20.6. The maximum absolute atomic E-state index is 12.6. The number of benzene rings is 2. The van der Waals surface area contributed by atoms with Crippen LogP contribution < -0.4 is 10.6 Å². The summed E-state index contributed by atoms with van der Waals surface area (Å²) in [5.41, 5.74) is 0.298. The van der Waals surface area contributed by atoms with Crippen LogP contribution in [0, 0.1) is 11.8 Å². The summed E-state index contributed by atoms with van der Waals surface area (Å²) in [5, 5.41) is 5.64. The lowest BCUT2D eigenvalue weighted by Crippen LogP contribution is -2.62. The van der Waals surface area contributed by atoms with Gasteiger partial charge < -0.3 is 9.47 Å². The Morgan fingerprint density at radius 2 is 1.10 bits per heavy atom. The first-order valence-electron chi connectivity index (χ1n) is 10.6. The van der Waals surface area contributed by atoms with Gasteiger partial charge in [-0.25, -0.2) is 9.59 Å². The number of hydrogen-bond donors (Lipinski definition) is 2. The standard InChI is InChI=1S/C24H26N2O4/c27-21(25-19-7-3-1-4-8-19)29-23-12-17-11-18(13-23)15-24(14-17,16-23)30-22(28)26-20-9-5-2-6-10-20/h1-10,17-18H,11-16H2,(H,25,27)(H,26,28). The minimum atomic E-state index is -0.560. The molecule has 6 rings (SSSR count). The van der Waals surface area contributed by atoms with E-state index in [0.717, 1.165) is 32.1 Å². The molecular weight excluding hydrogens is 380 g/mol. The third-order valence-corrected chi connectivity index (χ3v) is 6.61. The molecule has 0 radical (unpaired) electrons. The van der Waals surface area contributed by atoms with Gasteiger partial charge in [0, 0.05) is 17.8 Å². The highest BCUT2D eigenvalue weighted by Gasteiger charge is 2.61. The summed E-state index contributed by atoms with van der Waals surface area (Å²) < 4.78 is 12.0. The molecule has 0 saturated heterocycles. The van der Waals surface area contributed by atoms with Gasteiger partial charge in [0.25, 0.3) is 0 Å². The molecule has 0 unspecified atom stereocenters. The highest BCUT2D eigenvalue weighted by molar-refractivity contribution is 5.85. The van der Waals surface area contributed by atoms with E-state index in [-0.39, 0.29) is 0 Å². The Labute approximate surface area is 176 Å². The summed E-state index contributed by atoms with van der Waals surface area (Å²) in [7, 11) is 0. The molecule has 156 valence electrons. The predicted molar refractivity (Wildman–Crippen MR) is 113 cm³/mol. The van der Waals surface area contributed by atoms with Crippen LogP contribution in [0.3, 0.4) is 0 Å². The minimum absolute atomic E-state index is 0.417. The third-order valence-electron chi connectivity index (χ3n) is 6.61. The van der Waals surface area contributed by atoms with E-state index in [9.17, 15) is 9.59 Å². The zero-order valence-electron chi connectivity index (χ0n) is 16.8. The fraction of sp³-hybridized carbons (Fsp3) is 0.417. The average Bonchev–Trinajstić information content (AvgIpc) is 2.67. The first-order chi connectivity index (χ1) is 14.5. The Balaban J connectivity index is 1.28. The molecule has 4 saturated carbocycles. The minimum Gasteiger partial charge on any atom is -0.443 e. The molecule has 0 spiro atoms. The van der Waals surface area contributed by atoms with Crippen molar-refractivity contribution in [3.05, 3.63) is 60.7 Å². The number of para-hydroxylation sites is 2. The van der Waals surface area contributed by atoms with Crippen molar-refractivity contribution in [1.29, 1.82) is 0 Å². The van der Waals surface area contributed by atoms with Crippen LogP contribution in [-0.4, -0.2) is 23.4 Å². The van der Waals surface area contributed by atoms with Gasteiger partial charge >= 0.3 is 12.2 Å². The summed E-state index contributed by atoms with van der Waals surface area (Å²) in [6.45, 7) is 0. The summed E-state index contributed by atoms with van der Waals surface area (Å²) in [4.78, 5) is 25.2. The van der Waals surface area contributed by atoms with Gasteiger partial charge in [-0.15, -0.1) is 0 Å². The molecule has 0 atom stereocenters. The molecular formula is C24H26N2O4. The molecule has 2 aromatic rings. The second-order valence-corrected chi connectivity index (χ2v) is 9.09. The number of nitrogens with one attached hydrogen (secondary N) is 2. The molecule has 6 heteroatoms. The van der Waals surface area contributed by atoms with Crippen LogP contribution in [0.5, 0.6) is 0 Å². The molecule has 6 nitrogen and oxygen atoms in total. The SMILES string of the molecule is O=C(Nc1ccccc1)OC12CC3CC(C1)CC(OC(=O)Nc1ccccc1)(C3)C2. The number of hydrogen-bond acceptors (Lipinski definition) is 4. The van der Waals surface area contributed by atoms with Crippen LogP contribution in [0.4, 0.5) is 21.0 Å². The lowest BCUT2D eigenvalue weighted by molar-refractivity contribution is -0.195. The van der Waals surface area contributed by atoms with Crippen LogP contribution >= 0.6 is 0 Å². The van der Waals surface area contributed by atoms with Crippen molar-refractivity contribution in [2.45, 2.75) is 49.7 Å². The van der Waals surface area contributed by atoms with Crippen LogP contribution in [0.2, 0.25) is 0 Å². The van der Waals surface area contributed by atoms with Gasteiger partial charge in [-0.1, -0.05) is 36.4 Å². The third kappa shape index (κ3) is 3.86. The zero-order valence-corrected chi connectivity index (χ0v) is 16.8. The average molecular weight is 406 g/mol. The lowest BCUT2D eigenvalue weighted by Gasteiger charge is -2.59. The van der Waals surface area contributed by atoms with Gasteiger partial charge in [0.05, 0.1) is 0 Å². The molecule has 30 heavy (non-hydrogen) atoms. The van der Waals surface area contributed by atoms with E-state index >= 15 is 0 Å². The molecule has 4 bridgehead atoms. The number of amides is 2. The maximum Gasteiger partial charge on any atom is 0.412 e. The van der Waals surface area contributed by atoms with Crippen LogP contribution in [0.1, 0.15) is 38.5 Å². The molecule has 4 fully saturated rings. The van der Waals surface area contributed by atoms with Gasteiger partial charge in [0.1, 0.15) is 11.2 Å². The summed E-state index contributed by atoms with van der Waals surface area (Å²) in [5.74, 6) is 0.834. The normalized spacial score (nSPS) is 31.1. The van der Waals surface area contributed by atoms with E-state index in [0.29, 0.717) is 29.6 Å². The molecule has 0 heterocycles. The van der Waals surface area contributed by atoms with Gasteiger partial charge in [0.2, 0.25) is 0 Å². The maximum atomic E-state index is 12.6. The Morgan fingerprint density at radius 1 is 0.700 bits per heavy atom. The van der Waals surface area contributed by atoms with E-state index in [4.69, 9.17) is 9.47 Å². The Morgan fingerprint density at radius 3 is 1.50 bits per heavy atom. The van der Waals surface area contributed by atoms with Crippen LogP contribution in [0.25, 0.3) is 0 Å². The predicted octanol–water partition coefficient (Wildman–Crippen LogP) is 5.58. The summed E-state index contributed by atoms with van der Waals surface area (Å²) in [6, 6.07) is 18.6. The van der Waals surface area contributed by atoms with E-state index < -0.39 is 23.4 Å². The van der Waals surface area contributed by atoms with Crippen molar-refractivity contribution in [2.24, 2.45) is 11.8 Å². The van der Waals surface area contributed by atoms with E-state index in [1.165, 1.54) is 0 Å².